The summed E-state index contributed by atoms with van der Waals surface area (Å²) in [5.74, 6) is -0.404. The lowest BCUT2D eigenvalue weighted by molar-refractivity contribution is 0.0698. The van der Waals surface area contributed by atoms with Crippen molar-refractivity contribution in [2.24, 2.45) is 16.7 Å². The zero-order chi connectivity index (χ0) is 14.4. The minimum atomic E-state index is -0.992. The zero-order valence-corrected chi connectivity index (χ0v) is 11.9. The van der Waals surface area contributed by atoms with Gasteiger partial charge in [-0.25, -0.2) is 4.79 Å². The Morgan fingerprint density at radius 1 is 1.32 bits per heavy atom. The number of benzene rings is 1. The molecular weight excluding hydrogens is 240 g/mol. The molecule has 1 aliphatic carbocycles. The van der Waals surface area contributed by atoms with Crippen molar-refractivity contribution in [3.8, 4) is 0 Å². The fourth-order valence-corrected chi connectivity index (χ4v) is 2.91. The summed E-state index contributed by atoms with van der Waals surface area (Å²) in [6, 6.07) is 5.05. The molecule has 1 fully saturated rings. The summed E-state index contributed by atoms with van der Waals surface area (Å²) in [6.07, 6.45) is 0. The molecule has 4 N–H and O–H groups in total. The Kier molecular flexibility index (Phi) is 3.00. The van der Waals surface area contributed by atoms with Crippen molar-refractivity contribution in [3.05, 3.63) is 23.8 Å². The molecule has 0 heterocycles. The van der Waals surface area contributed by atoms with E-state index in [0.717, 1.165) is 12.2 Å². The van der Waals surface area contributed by atoms with Crippen LogP contribution in [-0.2, 0) is 0 Å². The molecule has 4 heteroatoms. The van der Waals surface area contributed by atoms with Gasteiger partial charge < -0.3 is 16.2 Å². The van der Waals surface area contributed by atoms with Crippen LogP contribution in [0.25, 0.3) is 0 Å². The second kappa shape index (κ2) is 4.15. The van der Waals surface area contributed by atoms with E-state index in [1.54, 1.807) is 12.1 Å². The van der Waals surface area contributed by atoms with Gasteiger partial charge in [0, 0.05) is 17.9 Å². The molecular formula is C15H22N2O2. The van der Waals surface area contributed by atoms with Gasteiger partial charge in [-0.3, -0.25) is 0 Å². The monoisotopic (exact) mass is 262 g/mol. The van der Waals surface area contributed by atoms with Crippen LogP contribution in [-0.4, -0.2) is 17.6 Å². The van der Waals surface area contributed by atoms with Crippen LogP contribution in [0.1, 0.15) is 38.1 Å². The second-order valence-corrected chi connectivity index (χ2v) is 6.48. The van der Waals surface area contributed by atoms with E-state index in [0.29, 0.717) is 22.4 Å². The van der Waals surface area contributed by atoms with Gasteiger partial charge in [0.1, 0.15) is 0 Å². The fourth-order valence-electron chi connectivity index (χ4n) is 2.91. The lowest BCUT2D eigenvalue weighted by Crippen LogP contribution is -2.09. The molecule has 19 heavy (non-hydrogen) atoms. The molecule has 0 aliphatic heterocycles. The smallest absolute Gasteiger partial charge is 0.337 e. The van der Waals surface area contributed by atoms with E-state index in [2.05, 4.69) is 33.0 Å². The molecule has 0 unspecified atom stereocenters. The number of anilines is 2. The largest absolute Gasteiger partial charge is 0.478 e. The summed E-state index contributed by atoms with van der Waals surface area (Å²) in [4.78, 5) is 11.0. The van der Waals surface area contributed by atoms with Crippen molar-refractivity contribution in [1.82, 2.24) is 0 Å². The molecule has 104 valence electrons. The Morgan fingerprint density at radius 3 is 2.37 bits per heavy atom. The van der Waals surface area contributed by atoms with Gasteiger partial charge in [0.15, 0.2) is 0 Å². The number of hydrogen-bond acceptors (Lipinski definition) is 3. The summed E-state index contributed by atoms with van der Waals surface area (Å²) < 4.78 is 0. The first-order chi connectivity index (χ1) is 8.68. The number of carboxylic acid groups (broad SMARTS) is 1. The third kappa shape index (κ3) is 2.15. The summed E-state index contributed by atoms with van der Waals surface area (Å²) >= 11 is 0. The van der Waals surface area contributed by atoms with Crippen LogP contribution < -0.4 is 11.1 Å². The van der Waals surface area contributed by atoms with Gasteiger partial charge in [0.05, 0.1) is 5.56 Å². The van der Waals surface area contributed by atoms with Crippen molar-refractivity contribution >= 4 is 17.3 Å². The minimum Gasteiger partial charge on any atom is -0.478 e. The van der Waals surface area contributed by atoms with Crippen molar-refractivity contribution in [2.45, 2.75) is 27.7 Å². The molecule has 0 aromatic heterocycles. The first kappa shape index (κ1) is 13.7. The fraction of sp³-hybridized carbons (Fsp3) is 0.533. The Hall–Kier alpha value is -1.71. The Morgan fingerprint density at radius 2 is 1.89 bits per heavy atom. The first-order valence-electron chi connectivity index (χ1n) is 6.54. The Bertz CT molecular complexity index is 507. The number of rotatable bonds is 4. The van der Waals surface area contributed by atoms with E-state index in [9.17, 15) is 4.79 Å². The molecule has 1 saturated carbocycles. The van der Waals surface area contributed by atoms with Crippen molar-refractivity contribution in [1.29, 1.82) is 0 Å². The lowest BCUT2D eigenvalue weighted by Gasteiger charge is -2.09. The predicted molar refractivity (Wildman–Crippen MR) is 77.4 cm³/mol. The molecule has 0 amide bonds. The van der Waals surface area contributed by atoms with Crippen molar-refractivity contribution < 1.29 is 9.90 Å². The standard InChI is InChI=1S/C15H22N2O2/c1-14(2)12(15(14,3)4)8-17-9-5-6-11(16)10(7-9)13(18)19/h5-7,12,17H,8,16H2,1-4H3,(H,18,19). The van der Waals surface area contributed by atoms with Gasteiger partial charge in [-0.1, -0.05) is 27.7 Å². The average Bonchev–Trinajstić information content (AvgIpc) is 2.68. The van der Waals surface area contributed by atoms with Gasteiger partial charge in [-0.2, -0.15) is 0 Å². The SMILES string of the molecule is CC1(C)C(CNc2ccc(N)c(C(=O)O)c2)C1(C)C. The Labute approximate surface area is 114 Å². The summed E-state index contributed by atoms with van der Waals surface area (Å²) in [7, 11) is 0. The van der Waals surface area contributed by atoms with E-state index in [1.165, 1.54) is 0 Å². The molecule has 0 atom stereocenters. The van der Waals surface area contributed by atoms with Crippen LogP contribution in [0.3, 0.4) is 0 Å². The number of carbonyl (C=O) groups is 1. The second-order valence-electron chi connectivity index (χ2n) is 6.48. The first-order valence-corrected chi connectivity index (χ1v) is 6.54. The van der Waals surface area contributed by atoms with Crippen molar-refractivity contribution in [3.63, 3.8) is 0 Å². The number of aromatic carboxylic acids is 1. The maximum absolute atomic E-state index is 11.0. The maximum Gasteiger partial charge on any atom is 0.337 e. The summed E-state index contributed by atoms with van der Waals surface area (Å²) in [5, 5.41) is 12.4. The van der Waals surface area contributed by atoms with Crippen LogP contribution in [0.5, 0.6) is 0 Å². The van der Waals surface area contributed by atoms with Crippen LogP contribution in [0, 0.1) is 16.7 Å². The average molecular weight is 262 g/mol. The number of hydrogen-bond donors (Lipinski definition) is 3. The number of nitrogens with one attached hydrogen (secondary N) is 1. The number of carboxylic acids is 1. The van der Waals surface area contributed by atoms with Crippen LogP contribution in [0.2, 0.25) is 0 Å². The molecule has 1 aromatic carbocycles. The van der Waals surface area contributed by atoms with Crippen molar-refractivity contribution in [2.75, 3.05) is 17.6 Å². The summed E-state index contributed by atoms with van der Waals surface area (Å²) in [6.45, 7) is 9.93. The van der Waals surface area contributed by atoms with E-state index < -0.39 is 5.97 Å². The predicted octanol–water partition coefficient (Wildman–Crippen LogP) is 3.06. The third-order valence-electron chi connectivity index (χ3n) is 5.11. The molecule has 2 rings (SSSR count). The number of nitrogens with two attached hydrogens (primary N) is 1. The van der Waals surface area contributed by atoms with Crippen LogP contribution in [0.15, 0.2) is 18.2 Å². The topological polar surface area (TPSA) is 75.3 Å². The molecule has 0 saturated heterocycles. The lowest BCUT2D eigenvalue weighted by atomic mass is 10.0. The molecule has 0 bridgehead atoms. The van der Waals surface area contributed by atoms with Crippen LogP contribution >= 0.6 is 0 Å². The quantitative estimate of drug-likeness (QED) is 0.729. The zero-order valence-electron chi connectivity index (χ0n) is 11.9. The van der Waals surface area contributed by atoms with E-state index >= 15 is 0 Å². The molecule has 1 aliphatic rings. The molecule has 1 aromatic rings. The van der Waals surface area contributed by atoms with Gasteiger partial charge in [-0.05, 0) is 34.9 Å². The van der Waals surface area contributed by atoms with E-state index in [1.807, 2.05) is 6.07 Å². The van der Waals surface area contributed by atoms with Gasteiger partial charge in [-0.15, -0.1) is 0 Å². The normalized spacial score (nSPS) is 20.0. The highest BCUT2D eigenvalue weighted by atomic mass is 16.4. The third-order valence-corrected chi connectivity index (χ3v) is 5.11. The van der Waals surface area contributed by atoms with E-state index in [4.69, 9.17) is 10.8 Å². The van der Waals surface area contributed by atoms with Gasteiger partial charge in [0.25, 0.3) is 0 Å². The highest BCUT2D eigenvalue weighted by Crippen LogP contribution is 2.68. The molecule has 4 nitrogen and oxygen atoms in total. The van der Waals surface area contributed by atoms with E-state index in [-0.39, 0.29) is 5.56 Å². The highest BCUT2D eigenvalue weighted by molar-refractivity contribution is 5.94. The molecule has 0 radical (unpaired) electrons. The van der Waals surface area contributed by atoms with Gasteiger partial charge in [0.2, 0.25) is 0 Å². The van der Waals surface area contributed by atoms with Gasteiger partial charge >= 0.3 is 5.97 Å². The molecule has 0 spiro atoms. The Balaban J connectivity index is 2.06. The number of nitrogen functional groups attached to an aromatic ring is 1. The summed E-state index contributed by atoms with van der Waals surface area (Å²) in [5.41, 5.74) is 7.54. The van der Waals surface area contributed by atoms with Crippen LogP contribution in [0.4, 0.5) is 11.4 Å². The maximum atomic E-state index is 11.0. The highest BCUT2D eigenvalue weighted by Gasteiger charge is 2.63. The minimum absolute atomic E-state index is 0.152.